The Morgan fingerprint density at radius 3 is 3.12 bits per heavy atom. The lowest BCUT2D eigenvalue weighted by Gasteiger charge is -2.03. The maximum Gasteiger partial charge on any atom is 0.337 e. The molecular weight excluding hydrogens is 204 g/mol. The van der Waals surface area contributed by atoms with Gasteiger partial charge < -0.3 is 4.74 Å². The van der Waals surface area contributed by atoms with E-state index in [1.807, 2.05) is 18.3 Å². The molecule has 0 saturated carbocycles. The first-order chi connectivity index (χ1) is 7.79. The maximum absolute atomic E-state index is 11.4. The van der Waals surface area contributed by atoms with Gasteiger partial charge in [-0.15, -0.1) is 0 Å². The fourth-order valence-corrected chi connectivity index (χ4v) is 2.11. The topological polar surface area (TPSA) is 55.0 Å². The zero-order valence-corrected chi connectivity index (χ0v) is 8.78. The summed E-state index contributed by atoms with van der Waals surface area (Å²) in [5.74, 6) is -0.295. The van der Waals surface area contributed by atoms with Gasteiger partial charge in [-0.1, -0.05) is 6.07 Å². The summed E-state index contributed by atoms with van der Waals surface area (Å²) in [6, 6.07) is 5.60. The monoisotopic (exact) mass is 214 g/mol. The van der Waals surface area contributed by atoms with E-state index in [0.717, 1.165) is 23.2 Å². The first kappa shape index (κ1) is 9.15. The molecule has 4 heteroatoms. The van der Waals surface area contributed by atoms with Gasteiger partial charge in [-0.2, -0.15) is 5.10 Å². The molecule has 1 aromatic heterocycles. The van der Waals surface area contributed by atoms with Gasteiger partial charge in [-0.05, 0) is 17.7 Å². The van der Waals surface area contributed by atoms with Crippen LogP contribution in [0.25, 0.3) is 11.3 Å². The van der Waals surface area contributed by atoms with Crippen molar-refractivity contribution in [2.24, 2.45) is 0 Å². The maximum atomic E-state index is 11.4. The molecule has 1 aliphatic carbocycles. The molecule has 0 saturated heterocycles. The highest BCUT2D eigenvalue weighted by molar-refractivity contribution is 5.91. The molecule has 1 aromatic carbocycles. The molecule has 1 N–H and O–H groups in total. The zero-order chi connectivity index (χ0) is 11.1. The van der Waals surface area contributed by atoms with Crippen molar-refractivity contribution in [2.45, 2.75) is 6.42 Å². The Morgan fingerprint density at radius 2 is 2.31 bits per heavy atom. The summed E-state index contributed by atoms with van der Waals surface area (Å²) >= 11 is 0. The van der Waals surface area contributed by atoms with Gasteiger partial charge in [0.05, 0.1) is 24.6 Å². The van der Waals surface area contributed by atoms with Crippen LogP contribution in [0.15, 0.2) is 24.4 Å². The van der Waals surface area contributed by atoms with Crippen LogP contribution in [0.2, 0.25) is 0 Å². The van der Waals surface area contributed by atoms with E-state index in [2.05, 4.69) is 10.2 Å². The molecular formula is C12H10N2O2. The highest BCUT2D eigenvalue weighted by Crippen LogP contribution is 2.35. The number of carbonyl (C=O) groups excluding carboxylic acids is 1. The second kappa shape index (κ2) is 3.20. The molecule has 1 aliphatic rings. The van der Waals surface area contributed by atoms with Crippen molar-refractivity contribution in [3.63, 3.8) is 0 Å². The Kier molecular flexibility index (Phi) is 1.83. The smallest absolute Gasteiger partial charge is 0.337 e. The predicted molar refractivity (Wildman–Crippen MR) is 58.2 cm³/mol. The average Bonchev–Trinajstić information content (AvgIpc) is 2.86. The first-order valence-corrected chi connectivity index (χ1v) is 5.03. The summed E-state index contributed by atoms with van der Waals surface area (Å²) in [7, 11) is 1.39. The van der Waals surface area contributed by atoms with Gasteiger partial charge >= 0.3 is 5.97 Å². The van der Waals surface area contributed by atoms with Gasteiger partial charge in [-0.25, -0.2) is 4.79 Å². The summed E-state index contributed by atoms with van der Waals surface area (Å²) < 4.78 is 4.70. The van der Waals surface area contributed by atoms with Gasteiger partial charge in [0, 0.05) is 17.5 Å². The molecule has 0 amide bonds. The average molecular weight is 214 g/mol. The largest absolute Gasteiger partial charge is 0.465 e. The Hall–Kier alpha value is -2.10. The van der Waals surface area contributed by atoms with Crippen molar-refractivity contribution in [3.8, 4) is 11.3 Å². The van der Waals surface area contributed by atoms with Crippen LogP contribution in [0.3, 0.4) is 0 Å². The van der Waals surface area contributed by atoms with Crippen molar-refractivity contribution in [1.82, 2.24) is 10.2 Å². The van der Waals surface area contributed by atoms with Crippen molar-refractivity contribution >= 4 is 5.97 Å². The van der Waals surface area contributed by atoms with Crippen LogP contribution in [-0.2, 0) is 11.2 Å². The molecule has 1 heterocycles. The van der Waals surface area contributed by atoms with Crippen molar-refractivity contribution in [3.05, 3.63) is 41.1 Å². The van der Waals surface area contributed by atoms with E-state index in [1.54, 1.807) is 6.07 Å². The number of benzene rings is 1. The van der Waals surface area contributed by atoms with Crippen LogP contribution in [0.1, 0.15) is 21.5 Å². The third-order valence-corrected chi connectivity index (χ3v) is 2.89. The van der Waals surface area contributed by atoms with Crippen LogP contribution in [0, 0.1) is 0 Å². The number of fused-ring (bicyclic) bond motifs is 3. The van der Waals surface area contributed by atoms with Gasteiger partial charge in [0.1, 0.15) is 0 Å². The van der Waals surface area contributed by atoms with Crippen molar-refractivity contribution in [2.75, 3.05) is 7.11 Å². The highest BCUT2D eigenvalue weighted by atomic mass is 16.5. The minimum Gasteiger partial charge on any atom is -0.465 e. The number of ether oxygens (including phenoxy) is 1. The second-order valence-electron chi connectivity index (χ2n) is 3.81. The van der Waals surface area contributed by atoms with Gasteiger partial charge in [0.2, 0.25) is 0 Å². The van der Waals surface area contributed by atoms with Crippen molar-refractivity contribution < 1.29 is 9.53 Å². The molecule has 3 rings (SSSR count). The number of nitrogens with zero attached hydrogens (tertiary/aromatic N) is 1. The quantitative estimate of drug-likeness (QED) is 0.628. The van der Waals surface area contributed by atoms with Crippen LogP contribution in [0.5, 0.6) is 0 Å². The van der Waals surface area contributed by atoms with E-state index < -0.39 is 0 Å². The van der Waals surface area contributed by atoms with Crippen LogP contribution in [-0.4, -0.2) is 23.3 Å². The van der Waals surface area contributed by atoms with Gasteiger partial charge in [0.25, 0.3) is 0 Å². The first-order valence-electron chi connectivity index (χ1n) is 5.03. The SMILES string of the molecule is COC(=O)c1ccc2c(c1)Cc1cn[nH]c1-2. The van der Waals surface area contributed by atoms with Gasteiger partial charge in [-0.3, -0.25) is 5.10 Å². The van der Waals surface area contributed by atoms with Crippen LogP contribution < -0.4 is 0 Å². The number of aromatic nitrogens is 2. The number of hydrogen-bond acceptors (Lipinski definition) is 3. The Balaban J connectivity index is 2.09. The number of hydrogen-bond donors (Lipinski definition) is 1. The van der Waals surface area contributed by atoms with E-state index in [9.17, 15) is 4.79 Å². The van der Waals surface area contributed by atoms with E-state index in [-0.39, 0.29) is 5.97 Å². The fourth-order valence-electron chi connectivity index (χ4n) is 2.11. The Morgan fingerprint density at radius 1 is 1.44 bits per heavy atom. The molecule has 0 radical (unpaired) electrons. The fraction of sp³-hybridized carbons (Fsp3) is 0.167. The molecule has 2 aromatic rings. The standard InChI is InChI=1S/C12H10N2O2/c1-16-12(15)7-2-3-10-8(4-7)5-9-6-13-14-11(9)10/h2-4,6H,5H2,1H3,(H,13,14). The summed E-state index contributed by atoms with van der Waals surface area (Å²) in [4.78, 5) is 11.4. The molecule has 0 fully saturated rings. The highest BCUT2D eigenvalue weighted by Gasteiger charge is 2.21. The number of H-pyrrole nitrogens is 1. The minimum atomic E-state index is -0.295. The lowest BCUT2D eigenvalue weighted by Crippen LogP contribution is -2.01. The van der Waals surface area contributed by atoms with E-state index in [0.29, 0.717) is 5.56 Å². The van der Waals surface area contributed by atoms with Crippen molar-refractivity contribution in [1.29, 1.82) is 0 Å². The molecule has 16 heavy (non-hydrogen) atoms. The second-order valence-corrected chi connectivity index (χ2v) is 3.81. The summed E-state index contributed by atoms with van der Waals surface area (Å²) in [6.07, 6.45) is 2.65. The zero-order valence-electron chi connectivity index (χ0n) is 8.78. The van der Waals surface area contributed by atoms with E-state index in [4.69, 9.17) is 4.74 Å². The van der Waals surface area contributed by atoms with Gasteiger partial charge in [0.15, 0.2) is 0 Å². The molecule has 0 aliphatic heterocycles. The third-order valence-electron chi connectivity index (χ3n) is 2.89. The lowest BCUT2D eigenvalue weighted by molar-refractivity contribution is 0.0600. The van der Waals surface area contributed by atoms with E-state index >= 15 is 0 Å². The lowest BCUT2D eigenvalue weighted by atomic mass is 10.1. The molecule has 80 valence electrons. The molecule has 0 unspecified atom stereocenters. The summed E-state index contributed by atoms with van der Waals surface area (Å²) in [6.45, 7) is 0. The third kappa shape index (κ3) is 1.16. The number of rotatable bonds is 1. The number of carbonyl (C=O) groups is 1. The molecule has 0 atom stereocenters. The number of esters is 1. The molecule has 0 spiro atoms. The normalized spacial score (nSPS) is 12.1. The number of aromatic amines is 1. The Bertz CT molecular complexity index is 572. The Labute approximate surface area is 92.2 Å². The predicted octanol–water partition coefficient (Wildman–Crippen LogP) is 1.77. The summed E-state index contributed by atoms with van der Waals surface area (Å²) in [5, 5.41) is 6.97. The van der Waals surface area contributed by atoms with Crippen LogP contribution >= 0.6 is 0 Å². The number of nitrogens with one attached hydrogen (secondary N) is 1. The molecule has 4 nitrogen and oxygen atoms in total. The number of methoxy groups -OCH3 is 1. The van der Waals surface area contributed by atoms with Crippen LogP contribution in [0.4, 0.5) is 0 Å². The minimum absolute atomic E-state index is 0.295. The van der Waals surface area contributed by atoms with E-state index in [1.165, 1.54) is 12.7 Å². The molecule has 0 bridgehead atoms. The summed E-state index contributed by atoms with van der Waals surface area (Å²) in [5.41, 5.74) is 5.11.